The van der Waals surface area contributed by atoms with Crippen LogP contribution in [0.25, 0.3) is 10.8 Å². The summed E-state index contributed by atoms with van der Waals surface area (Å²) < 4.78 is 10.6. The molecule has 148 valence electrons. The molecule has 0 unspecified atom stereocenters. The fraction of sp³-hybridized carbons (Fsp3) is 0.182. The molecular weight excluding hydrogens is 392 g/mol. The number of ether oxygens (including phenoxy) is 2. The van der Waals surface area contributed by atoms with E-state index < -0.39 is 6.29 Å². The Kier molecular flexibility index (Phi) is 5.76. The zero-order chi connectivity index (χ0) is 20.2. The Morgan fingerprint density at radius 3 is 2.52 bits per heavy atom. The van der Waals surface area contributed by atoms with E-state index in [0.717, 1.165) is 10.8 Å². The highest BCUT2D eigenvalue weighted by Crippen LogP contribution is 2.24. The average molecular weight is 411 g/mol. The molecule has 3 aromatic carbocycles. The summed E-state index contributed by atoms with van der Waals surface area (Å²) in [5.74, 6) is -0.680. The molecule has 1 aliphatic heterocycles. The third kappa shape index (κ3) is 4.40. The van der Waals surface area contributed by atoms with Crippen LogP contribution in [-0.4, -0.2) is 37.9 Å². The van der Waals surface area contributed by atoms with Crippen LogP contribution in [0.2, 0.25) is 5.02 Å². The molecule has 6 nitrogen and oxygen atoms in total. The summed E-state index contributed by atoms with van der Waals surface area (Å²) in [7, 11) is 0. The van der Waals surface area contributed by atoms with Gasteiger partial charge in [0.1, 0.15) is 0 Å². The van der Waals surface area contributed by atoms with Crippen molar-refractivity contribution < 1.29 is 19.1 Å². The van der Waals surface area contributed by atoms with E-state index in [1.807, 2.05) is 36.4 Å². The molecule has 7 heteroatoms. The maximum Gasteiger partial charge on any atom is 0.256 e. The maximum atomic E-state index is 12.9. The van der Waals surface area contributed by atoms with E-state index in [-0.39, 0.29) is 23.9 Å². The molecule has 2 amide bonds. The van der Waals surface area contributed by atoms with Crippen LogP contribution in [0.3, 0.4) is 0 Å². The summed E-state index contributed by atoms with van der Waals surface area (Å²) in [4.78, 5) is 25.6. The van der Waals surface area contributed by atoms with Gasteiger partial charge < -0.3 is 20.1 Å². The Labute approximate surface area is 172 Å². The lowest BCUT2D eigenvalue weighted by Gasteiger charge is -2.14. The normalized spacial score (nSPS) is 14.1. The quantitative estimate of drug-likeness (QED) is 0.669. The highest BCUT2D eigenvalue weighted by atomic mass is 35.5. The van der Waals surface area contributed by atoms with Crippen LogP contribution in [0.1, 0.15) is 20.7 Å². The van der Waals surface area contributed by atoms with Crippen molar-refractivity contribution in [3.63, 3.8) is 0 Å². The van der Waals surface area contributed by atoms with Crippen molar-refractivity contribution in [1.29, 1.82) is 0 Å². The fourth-order valence-electron chi connectivity index (χ4n) is 3.22. The third-order valence-corrected chi connectivity index (χ3v) is 4.86. The van der Waals surface area contributed by atoms with Crippen LogP contribution in [0.5, 0.6) is 0 Å². The monoisotopic (exact) mass is 410 g/mol. The molecule has 0 atom stereocenters. The van der Waals surface area contributed by atoms with Gasteiger partial charge >= 0.3 is 0 Å². The molecule has 2 N–H and O–H groups in total. The second-order valence-corrected chi connectivity index (χ2v) is 6.99. The van der Waals surface area contributed by atoms with Crippen LogP contribution in [-0.2, 0) is 9.47 Å². The molecule has 0 spiro atoms. The Balaban J connectivity index is 1.56. The van der Waals surface area contributed by atoms with Crippen molar-refractivity contribution in [2.45, 2.75) is 6.29 Å². The Morgan fingerprint density at radius 2 is 1.69 bits per heavy atom. The standard InChI is InChI=1S/C22H19ClN2O4/c23-15-8-9-19(18(12-15)21(26)24-13-20-28-10-11-29-20)25-22(27)17-7-3-5-14-4-1-2-6-16(14)17/h1-9,12,20H,10-11,13H2,(H,24,26)(H,25,27). The van der Waals surface area contributed by atoms with Crippen molar-refractivity contribution in [2.75, 3.05) is 25.1 Å². The summed E-state index contributed by atoms with van der Waals surface area (Å²) in [5.41, 5.74) is 1.17. The van der Waals surface area contributed by atoms with Gasteiger partial charge in [0.2, 0.25) is 0 Å². The van der Waals surface area contributed by atoms with E-state index in [0.29, 0.717) is 29.5 Å². The van der Waals surface area contributed by atoms with E-state index in [1.54, 1.807) is 18.2 Å². The lowest BCUT2D eigenvalue weighted by Crippen LogP contribution is -2.33. The first-order valence-electron chi connectivity index (χ1n) is 9.22. The van der Waals surface area contributed by atoms with Crippen LogP contribution in [0, 0.1) is 0 Å². The smallest absolute Gasteiger partial charge is 0.256 e. The van der Waals surface area contributed by atoms with Crippen molar-refractivity contribution in [1.82, 2.24) is 5.32 Å². The molecule has 3 aromatic rings. The lowest BCUT2D eigenvalue weighted by atomic mass is 10.0. The largest absolute Gasteiger partial charge is 0.348 e. The van der Waals surface area contributed by atoms with Gasteiger partial charge in [0.15, 0.2) is 6.29 Å². The summed E-state index contributed by atoms with van der Waals surface area (Å²) in [5, 5.41) is 7.78. The topological polar surface area (TPSA) is 76.7 Å². The van der Waals surface area contributed by atoms with E-state index in [1.165, 1.54) is 6.07 Å². The molecule has 0 radical (unpaired) electrons. The van der Waals surface area contributed by atoms with Crippen LogP contribution in [0.4, 0.5) is 5.69 Å². The fourth-order valence-corrected chi connectivity index (χ4v) is 3.39. The lowest BCUT2D eigenvalue weighted by molar-refractivity contribution is -0.0379. The first kappa shape index (κ1) is 19.4. The van der Waals surface area contributed by atoms with Gasteiger partial charge in [0, 0.05) is 10.6 Å². The molecule has 1 saturated heterocycles. The number of fused-ring (bicyclic) bond motifs is 1. The van der Waals surface area contributed by atoms with E-state index in [2.05, 4.69) is 10.6 Å². The number of anilines is 1. The van der Waals surface area contributed by atoms with Crippen LogP contribution >= 0.6 is 11.6 Å². The highest BCUT2D eigenvalue weighted by molar-refractivity contribution is 6.31. The number of carbonyl (C=O) groups is 2. The van der Waals surface area contributed by atoms with Crippen molar-refractivity contribution >= 4 is 39.9 Å². The predicted molar refractivity (Wildman–Crippen MR) is 111 cm³/mol. The number of carbonyl (C=O) groups excluding carboxylic acids is 2. The second kappa shape index (κ2) is 8.61. The number of hydrogen-bond acceptors (Lipinski definition) is 4. The highest BCUT2D eigenvalue weighted by Gasteiger charge is 2.20. The molecule has 1 fully saturated rings. The van der Waals surface area contributed by atoms with Gasteiger partial charge in [-0.15, -0.1) is 0 Å². The van der Waals surface area contributed by atoms with Gasteiger partial charge in [-0.3, -0.25) is 9.59 Å². The van der Waals surface area contributed by atoms with Gasteiger partial charge in [-0.05, 0) is 35.0 Å². The van der Waals surface area contributed by atoms with E-state index in [4.69, 9.17) is 21.1 Å². The minimum atomic E-state index is -0.466. The number of rotatable bonds is 5. The molecule has 1 aliphatic rings. The minimum Gasteiger partial charge on any atom is -0.348 e. The molecule has 29 heavy (non-hydrogen) atoms. The SMILES string of the molecule is O=C(NCC1OCCO1)c1cc(Cl)ccc1NC(=O)c1cccc2ccccc12. The maximum absolute atomic E-state index is 12.9. The number of amides is 2. The summed E-state index contributed by atoms with van der Waals surface area (Å²) in [6.07, 6.45) is -0.466. The molecule has 0 aliphatic carbocycles. The number of halogens is 1. The molecule has 4 rings (SSSR count). The second-order valence-electron chi connectivity index (χ2n) is 6.55. The van der Waals surface area contributed by atoms with Gasteiger partial charge in [0.25, 0.3) is 11.8 Å². The molecule has 0 saturated carbocycles. The molecule has 0 aromatic heterocycles. The summed E-state index contributed by atoms with van der Waals surface area (Å²) in [6, 6.07) is 17.9. The van der Waals surface area contributed by atoms with E-state index in [9.17, 15) is 9.59 Å². The minimum absolute atomic E-state index is 0.210. The van der Waals surface area contributed by atoms with Crippen molar-refractivity contribution in [2.24, 2.45) is 0 Å². The summed E-state index contributed by atoms with van der Waals surface area (Å²) in [6.45, 7) is 1.22. The molecule has 1 heterocycles. The third-order valence-electron chi connectivity index (χ3n) is 4.63. The van der Waals surface area contributed by atoms with Gasteiger partial charge in [0.05, 0.1) is 31.0 Å². The Hall–Kier alpha value is -2.93. The van der Waals surface area contributed by atoms with Gasteiger partial charge in [-0.25, -0.2) is 0 Å². The van der Waals surface area contributed by atoms with Crippen molar-refractivity contribution in [3.8, 4) is 0 Å². The first-order valence-corrected chi connectivity index (χ1v) is 9.60. The van der Waals surface area contributed by atoms with Crippen LogP contribution < -0.4 is 10.6 Å². The van der Waals surface area contributed by atoms with Gasteiger partial charge in [-0.1, -0.05) is 48.0 Å². The summed E-state index contributed by atoms with van der Waals surface area (Å²) >= 11 is 6.08. The van der Waals surface area contributed by atoms with Gasteiger partial charge in [-0.2, -0.15) is 0 Å². The van der Waals surface area contributed by atoms with E-state index >= 15 is 0 Å². The number of nitrogens with one attached hydrogen (secondary N) is 2. The number of benzene rings is 3. The first-order chi connectivity index (χ1) is 14.1. The molecule has 0 bridgehead atoms. The zero-order valence-corrected chi connectivity index (χ0v) is 16.2. The Bertz CT molecular complexity index is 1060. The number of hydrogen-bond donors (Lipinski definition) is 2. The molecular formula is C22H19ClN2O4. The predicted octanol–water partition coefficient (Wildman–Crippen LogP) is 3.85. The average Bonchev–Trinajstić information content (AvgIpc) is 3.26. The Morgan fingerprint density at radius 1 is 0.931 bits per heavy atom. The van der Waals surface area contributed by atoms with Crippen molar-refractivity contribution in [3.05, 3.63) is 76.8 Å². The van der Waals surface area contributed by atoms with Crippen LogP contribution in [0.15, 0.2) is 60.7 Å². The zero-order valence-electron chi connectivity index (χ0n) is 15.5.